The van der Waals surface area contributed by atoms with E-state index in [1.807, 2.05) is 18.2 Å². The smallest absolute Gasteiger partial charge is 0.335 e. The van der Waals surface area contributed by atoms with Crippen LogP contribution in [0.15, 0.2) is 108 Å². The molecule has 0 aliphatic rings. The molecule has 0 saturated carbocycles. The van der Waals surface area contributed by atoms with Crippen LogP contribution >= 0.6 is 23.4 Å². The molecule has 4 aromatic carbocycles. The van der Waals surface area contributed by atoms with Crippen LogP contribution in [0.3, 0.4) is 0 Å². The summed E-state index contributed by atoms with van der Waals surface area (Å²) in [5.41, 5.74) is 6.46. The Balaban J connectivity index is 1.54. The molecule has 0 saturated heterocycles. The van der Waals surface area contributed by atoms with E-state index < -0.39 is 5.97 Å². The number of carboxylic acid groups (broad SMARTS) is 1. The number of fused-ring (bicyclic) bond motifs is 1. The molecule has 1 N–H and O–H groups in total. The zero-order valence-electron chi connectivity index (χ0n) is 19.9. The van der Waals surface area contributed by atoms with E-state index in [9.17, 15) is 4.79 Å². The first-order chi connectivity index (χ1) is 17.5. The summed E-state index contributed by atoms with van der Waals surface area (Å²) in [7, 11) is 0. The Labute approximate surface area is 220 Å². The van der Waals surface area contributed by atoms with Crippen LogP contribution in [0.4, 0.5) is 0 Å². The van der Waals surface area contributed by atoms with Crippen molar-refractivity contribution in [3.05, 3.63) is 136 Å². The maximum absolute atomic E-state index is 11.1. The average molecular weight is 512 g/mol. The molecule has 5 heteroatoms. The molecule has 0 aliphatic heterocycles. The van der Waals surface area contributed by atoms with Crippen molar-refractivity contribution in [1.82, 2.24) is 4.57 Å². The maximum atomic E-state index is 11.1. The Hall–Kier alpha value is -3.47. The van der Waals surface area contributed by atoms with Crippen molar-refractivity contribution in [3.8, 4) is 0 Å². The standard InChI is InChI=1S/C31H26ClNO2S/c1-21-27(18-19-36-26-15-12-24(13-16-26)31(34)35)28-20-25(32)14-17-29(28)33(21)30(22-8-4-2-5-9-22)23-10-6-3-7-11-23/h2-17,20,30H,18-19H2,1H3,(H,34,35). The van der Waals surface area contributed by atoms with E-state index in [1.54, 1.807) is 23.9 Å². The molecule has 0 bridgehead atoms. The van der Waals surface area contributed by atoms with Gasteiger partial charge in [-0.3, -0.25) is 0 Å². The van der Waals surface area contributed by atoms with Gasteiger partial charge in [0.05, 0.1) is 11.6 Å². The highest BCUT2D eigenvalue weighted by atomic mass is 35.5. The van der Waals surface area contributed by atoms with Gasteiger partial charge in [-0.1, -0.05) is 72.3 Å². The number of aromatic nitrogens is 1. The van der Waals surface area contributed by atoms with Gasteiger partial charge >= 0.3 is 5.97 Å². The number of aryl methyl sites for hydroxylation is 1. The number of rotatable bonds is 8. The van der Waals surface area contributed by atoms with Crippen LogP contribution in [-0.4, -0.2) is 21.4 Å². The molecule has 1 aromatic heterocycles. The van der Waals surface area contributed by atoms with Crippen molar-refractivity contribution in [3.63, 3.8) is 0 Å². The van der Waals surface area contributed by atoms with Gasteiger partial charge in [-0.15, -0.1) is 11.8 Å². The second-order valence-corrected chi connectivity index (χ2v) is 10.4. The molecule has 5 aromatic rings. The number of nitrogens with zero attached hydrogens (tertiary/aromatic N) is 1. The summed E-state index contributed by atoms with van der Waals surface area (Å²) in [5, 5.41) is 11.1. The summed E-state index contributed by atoms with van der Waals surface area (Å²) in [5.74, 6) is -0.0292. The topological polar surface area (TPSA) is 42.2 Å². The second kappa shape index (κ2) is 10.7. The third kappa shape index (κ3) is 4.92. The summed E-state index contributed by atoms with van der Waals surface area (Å²) in [6, 6.07) is 34.5. The first-order valence-electron chi connectivity index (χ1n) is 11.9. The van der Waals surface area contributed by atoms with Crippen LogP contribution in [0.25, 0.3) is 10.9 Å². The van der Waals surface area contributed by atoms with E-state index in [-0.39, 0.29) is 6.04 Å². The molecule has 0 amide bonds. The minimum Gasteiger partial charge on any atom is -0.478 e. The van der Waals surface area contributed by atoms with Gasteiger partial charge in [-0.05, 0) is 72.5 Å². The number of aromatic carboxylic acids is 1. The molecule has 180 valence electrons. The summed E-state index contributed by atoms with van der Waals surface area (Å²) in [6.45, 7) is 2.20. The van der Waals surface area contributed by atoms with E-state index in [0.29, 0.717) is 5.56 Å². The lowest BCUT2D eigenvalue weighted by molar-refractivity contribution is 0.0697. The van der Waals surface area contributed by atoms with Crippen LogP contribution in [0.1, 0.15) is 38.8 Å². The second-order valence-electron chi connectivity index (χ2n) is 8.75. The summed E-state index contributed by atoms with van der Waals surface area (Å²) >= 11 is 8.21. The molecule has 36 heavy (non-hydrogen) atoms. The monoisotopic (exact) mass is 511 g/mol. The minimum absolute atomic E-state index is 0.0426. The van der Waals surface area contributed by atoms with Gasteiger partial charge in [0.1, 0.15) is 0 Å². The lowest BCUT2D eigenvalue weighted by atomic mass is 9.98. The lowest BCUT2D eigenvalue weighted by Gasteiger charge is -2.23. The van der Waals surface area contributed by atoms with Gasteiger partial charge in [-0.2, -0.15) is 0 Å². The van der Waals surface area contributed by atoms with E-state index in [4.69, 9.17) is 16.7 Å². The Morgan fingerprint density at radius 3 is 2.08 bits per heavy atom. The number of halogens is 1. The molecule has 0 atom stereocenters. The Bertz CT molecular complexity index is 1460. The first kappa shape index (κ1) is 24.2. The predicted octanol–water partition coefficient (Wildman–Crippen LogP) is 8.27. The van der Waals surface area contributed by atoms with E-state index in [1.165, 1.54) is 33.3 Å². The molecule has 0 unspecified atom stereocenters. The SMILES string of the molecule is Cc1c(CCSc2ccc(C(=O)O)cc2)c2cc(Cl)ccc2n1C(c1ccccc1)c1ccccc1. The normalized spacial score (nSPS) is 11.3. The predicted molar refractivity (Wildman–Crippen MR) is 150 cm³/mol. The first-order valence-corrected chi connectivity index (χ1v) is 13.2. The third-order valence-corrected chi connectivity index (χ3v) is 7.80. The highest BCUT2D eigenvalue weighted by Crippen LogP contribution is 2.37. The molecular weight excluding hydrogens is 486 g/mol. The van der Waals surface area contributed by atoms with Gasteiger partial charge < -0.3 is 9.67 Å². The van der Waals surface area contributed by atoms with E-state index in [2.05, 4.69) is 84.3 Å². The number of carboxylic acids is 1. The van der Waals surface area contributed by atoms with Gasteiger partial charge in [0.25, 0.3) is 0 Å². The molecular formula is C31H26ClNO2S. The van der Waals surface area contributed by atoms with Crippen molar-refractivity contribution in [1.29, 1.82) is 0 Å². The van der Waals surface area contributed by atoms with E-state index >= 15 is 0 Å². The molecule has 3 nitrogen and oxygen atoms in total. The zero-order valence-corrected chi connectivity index (χ0v) is 21.5. The van der Waals surface area contributed by atoms with Crippen LogP contribution in [0.2, 0.25) is 5.02 Å². The largest absolute Gasteiger partial charge is 0.478 e. The van der Waals surface area contributed by atoms with Crippen molar-refractivity contribution in [2.45, 2.75) is 24.3 Å². The van der Waals surface area contributed by atoms with Crippen molar-refractivity contribution < 1.29 is 9.90 Å². The maximum Gasteiger partial charge on any atom is 0.335 e. The number of thioether (sulfide) groups is 1. The van der Waals surface area contributed by atoms with Crippen LogP contribution in [-0.2, 0) is 6.42 Å². The fraction of sp³-hybridized carbons (Fsp3) is 0.129. The van der Waals surface area contributed by atoms with E-state index in [0.717, 1.165) is 22.1 Å². The van der Waals surface area contributed by atoms with Gasteiger partial charge in [0, 0.05) is 32.3 Å². The summed E-state index contributed by atoms with van der Waals surface area (Å²) in [4.78, 5) is 12.2. The fourth-order valence-electron chi connectivity index (χ4n) is 4.86. The fourth-order valence-corrected chi connectivity index (χ4v) is 5.90. The van der Waals surface area contributed by atoms with Crippen molar-refractivity contribution >= 4 is 40.2 Å². The zero-order chi connectivity index (χ0) is 25.1. The molecule has 0 radical (unpaired) electrons. The molecule has 5 rings (SSSR count). The highest BCUT2D eigenvalue weighted by Gasteiger charge is 2.23. The number of carbonyl (C=O) groups is 1. The van der Waals surface area contributed by atoms with Crippen LogP contribution in [0, 0.1) is 6.92 Å². The number of hydrogen-bond donors (Lipinski definition) is 1. The van der Waals surface area contributed by atoms with Gasteiger partial charge in [0.15, 0.2) is 0 Å². The molecule has 0 spiro atoms. The van der Waals surface area contributed by atoms with Crippen LogP contribution in [0.5, 0.6) is 0 Å². The third-order valence-electron chi connectivity index (χ3n) is 6.55. The minimum atomic E-state index is -0.904. The van der Waals surface area contributed by atoms with Gasteiger partial charge in [-0.25, -0.2) is 4.79 Å². The quantitative estimate of drug-likeness (QED) is 0.213. The molecule has 0 fully saturated rings. The number of benzene rings is 4. The Morgan fingerprint density at radius 1 is 0.889 bits per heavy atom. The number of hydrogen-bond acceptors (Lipinski definition) is 2. The van der Waals surface area contributed by atoms with Crippen molar-refractivity contribution in [2.75, 3.05) is 5.75 Å². The average Bonchev–Trinajstić information content (AvgIpc) is 3.16. The lowest BCUT2D eigenvalue weighted by Crippen LogP contribution is -2.14. The molecule has 0 aliphatic carbocycles. The van der Waals surface area contributed by atoms with Gasteiger partial charge in [0.2, 0.25) is 0 Å². The van der Waals surface area contributed by atoms with Crippen LogP contribution < -0.4 is 0 Å². The Morgan fingerprint density at radius 2 is 1.50 bits per heavy atom. The molecule has 1 heterocycles. The highest BCUT2D eigenvalue weighted by molar-refractivity contribution is 7.99. The summed E-state index contributed by atoms with van der Waals surface area (Å²) < 4.78 is 2.44. The summed E-state index contributed by atoms with van der Waals surface area (Å²) in [6.07, 6.45) is 0.872. The Kier molecular flexibility index (Phi) is 7.17. The van der Waals surface area contributed by atoms with Crippen molar-refractivity contribution in [2.24, 2.45) is 0 Å².